The first-order valence-electron chi connectivity index (χ1n) is 4.47. The molecule has 3 N–H and O–H groups in total. The van der Waals surface area contributed by atoms with E-state index in [1.165, 1.54) is 18.9 Å². The third kappa shape index (κ3) is 3.12. The average Bonchev–Trinajstić information content (AvgIpc) is 2.59. The summed E-state index contributed by atoms with van der Waals surface area (Å²) < 4.78 is 4.70. The summed E-state index contributed by atoms with van der Waals surface area (Å²) in [6.45, 7) is 3.87. The molecule has 0 aliphatic rings. The molecule has 0 aliphatic heterocycles. The highest BCUT2D eigenvalue weighted by atomic mass is 32.2. The van der Waals surface area contributed by atoms with E-state index in [0.717, 1.165) is 0 Å². The monoisotopic (exact) mass is 230 g/mol. The fraction of sp³-hybridized carbons (Fsp3) is 0.625. The van der Waals surface area contributed by atoms with Gasteiger partial charge in [0.2, 0.25) is 11.1 Å². The van der Waals surface area contributed by atoms with E-state index < -0.39 is 0 Å². The van der Waals surface area contributed by atoms with Crippen molar-refractivity contribution in [3.63, 3.8) is 0 Å². The summed E-state index contributed by atoms with van der Waals surface area (Å²) in [5.41, 5.74) is 5.38. The predicted molar refractivity (Wildman–Crippen MR) is 57.3 cm³/mol. The predicted octanol–water partition coefficient (Wildman–Crippen LogP) is 0.677. The normalized spacial score (nSPS) is 12.8. The summed E-state index contributed by atoms with van der Waals surface area (Å²) in [6, 6.07) is 0. The van der Waals surface area contributed by atoms with Crippen LogP contribution in [0.3, 0.4) is 0 Å². The van der Waals surface area contributed by atoms with E-state index >= 15 is 0 Å². The van der Waals surface area contributed by atoms with Gasteiger partial charge in [-0.25, -0.2) is 5.10 Å². The highest BCUT2D eigenvalue weighted by molar-refractivity contribution is 8.00. The number of anilines is 1. The second-order valence-corrected chi connectivity index (χ2v) is 4.42. The number of H-pyrrole nitrogens is 1. The van der Waals surface area contributed by atoms with Gasteiger partial charge in [-0.1, -0.05) is 25.6 Å². The molecule has 0 unspecified atom stereocenters. The molecular weight excluding hydrogens is 216 g/mol. The standard InChI is InChI=1S/C8H14N4O2S/c1-4(2)5(6(13)14-3)15-8-10-7(9)11-12-8/h4-5H,1-3H3,(H3,9,10,11,12)/t5-/m0/s1. The number of methoxy groups -OCH3 is 1. The van der Waals surface area contributed by atoms with Gasteiger partial charge >= 0.3 is 5.97 Å². The maximum absolute atomic E-state index is 11.4. The first-order chi connectivity index (χ1) is 7.04. The molecule has 84 valence electrons. The van der Waals surface area contributed by atoms with Crippen molar-refractivity contribution in [3.05, 3.63) is 0 Å². The minimum Gasteiger partial charge on any atom is -0.468 e. The van der Waals surface area contributed by atoms with Crippen molar-refractivity contribution in [2.45, 2.75) is 24.3 Å². The number of hydrogen-bond acceptors (Lipinski definition) is 6. The number of carbonyl (C=O) groups is 1. The molecule has 0 bridgehead atoms. The van der Waals surface area contributed by atoms with Crippen LogP contribution in [-0.2, 0) is 9.53 Å². The Hall–Kier alpha value is -1.24. The molecule has 1 aromatic heterocycles. The Bertz CT molecular complexity index is 339. The maximum Gasteiger partial charge on any atom is 0.319 e. The summed E-state index contributed by atoms with van der Waals surface area (Å²) >= 11 is 1.24. The smallest absolute Gasteiger partial charge is 0.319 e. The number of nitrogens with one attached hydrogen (secondary N) is 1. The van der Waals surface area contributed by atoms with Crippen LogP contribution in [0.5, 0.6) is 0 Å². The van der Waals surface area contributed by atoms with Gasteiger partial charge in [0.05, 0.1) is 7.11 Å². The van der Waals surface area contributed by atoms with Gasteiger partial charge in [-0.3, -0.25) is 4.79 Å². The minimum absolute atomic E-state index is 0.141. The fourth-order valence-electron chi connectivity index (χ4n) is 0.997. The number of carbonyl (C=O) groups excluding carboxylic acids is 1. The molecular formula is C8H14N4O2S. The van der Waals surface area contributed by atoms with Crippen LogP contribution >= 0.6 is 11.8 Å². The average molecular weight is 230 g/mol. The summed E-state index contributed by atoms with van der Waals surface area (Å²) in [6.07, 6.45) is 0. The van der Waals surface area contributed by atoms with E-state index in [0.29, 0.717) is 5.16 Å². The Balaban J connectivity index is 2.71. The van der Waals surface area contributed by atoms with Crippen LogP contribution in [0, 0.1) is 5.92 Å². The number of nitrogen functional groups attached to an aromatic ring is 1. The van der Waals surface area contributed by atoms with Gasteiger partial charge in [-0.15, -0.1) is 5.10 Å². The molecule has 1 heterocycles. The van der Waals surface area contributed by atoms with Gasteiger partial charge in [0.25, 0.3) is 0 Å². The van der Waals surface area contributed by atoms with E-state index in [-0.39, 0.29) is 23.1 Å². The van der Waals surface area contributed by atoms with Crippen molar-refractivity contribution >= 4 is 23.7 Å². The van der Waals surface area contributed by atoms with E-state index in [2.05, 4.69) is 15.2 Å². The molecule has 1 aromatic rings. The van der Waals surface area contributed by atoms with Crippen LogP contribution in [0.15, 0.2) is 5.16 Å². The number of ether oxygens (including phenoxy) is 1. The lowest BCUT2D eigenvalue weighted by Crippen LogP contribution is -2.24. The highest BCUT2D eigenvalue weighted by Crippen LogP contribution is 2.26. The SMILES string of the molecule is COC(=O)[C@@H](Sc1n[nH]c(N)n1)C(C)C. The molecule has 1 atom stereocenters. The van der Waals surface area contributed by atoms with Gasteiger partial charge in [0, 0.05) is 0 Å². The van der Waals surface area contributed by atoms with Crippen molar-refractivity contribution in [2.24, 2.45) is 5.92 Å². The van der Waals surface area contributed by atoms with Crippen LogP contribution in [0.25, 0.3) is 0 Å². The van der Waals surface area contributed by atoms with E-state index in [4.69, 9.17) is 10.5 Å². The van der Waals surface area contributed by atoms with Gasteiger partial charge < -0.3 is 10.5 Å². The molecule has 0 saturated carbocycles. The third-order valence-electron chi connectivity index (χ3n) is 1.75. The topological polar surface area (TPSA) is 93.9 Å². The zero-order chi connectivity index (χ0) is 11.4. The van der Waals surface area contributed by atoms with E-state index in [9.17, 15) is 4.79 Å². The Kier molecular flexibility index (Phi) is 3.96. The molecule has 0 aromatic carbocycles. The molecule has 15 heavy (non-hydrogen) atoms. The highest BCUT2D eigenvalue weighted by Gasteiger charge is 2.25. The summed E-state index contributed by atoms with van der Waals surface area (Å²) in [7, 11) is 1.37. The van der Waals surface area contributed by atoms with Gasteiger partial charge in [0.15, 0.2) is 0 Å². The number of thioether (sulfide) groups is 1. The first kappa shape index (κ1) is 11.8. The Labute approximate surface area is 92.0 Å². The Morgan fingerprint density at radius 2 is 2.27 bits per heavy atom. The summed E-state index contributed by atoms with van der Waals surface area (Å²) in [4.78, 5) is 15.3. The van der Waals surface area contributed by atoms with Gasteiger partial charge in [0.1, 0.15) is 5.25 Å². The zero-order valence-corrected chi connectivity index (χ0v) is 9.67. The fourth-order valence-corrected chi connectivity index (χ4v) is 1.94. The Morgan fingerprint density at radius 1 is 1.60 bits per heavy atom. The molecule has 0 saturated heterocycles. The van der Waals surface area contributed by atoms with Gasteiger partial charge in [-0.2, -0.15) is 4.98 Å². The number of aromatic nitrogens is 3. The molecule has 0 radical (unpaired) electrons. The molecule has 6 nitrogen and oxygen atoms in total. The van der Waals surface area contributed by atoms with E-state index in [1.807, 2.05) is 13.8 Å². The maximum atomic E-state index is 11.4. The quantitative estimate of drug-likeness (QED) is 0.583. The second-order valence-electron chi connectivity index (χ2n) is 3.31. The number of aromatic amines is 1. The van der Waals surface area contributed by atoms with Crippen molar-refractivity contribution in [2.75, 3.05) is 12.8 Å². The van der Waals surface area contributed by atoms with Gasteiger partial charge in [-0.05, 0) is 5.92 Å². The number of esters is 1. The molecule has 0 aliphatic carbocycles. The van der Waals surface area contributed by atoms with Crippen LogP contribution in [0.1, 0.15) is 13.8 Å². The second kappa shape index (κ2) is 5.01. The number of nitrogens with two attached hydrogens (primary N) is 1. The van der Waals surface area contributed by atoms with Crippen LogP contribution < -0.4 is 5.73 Å². The first-order valence-corrected chi connectivity index (χ1v) is 5.35. The van der Waals surface area contributed by atoms with Crippen LogP contribution in [0.4, 0.5) is 5.95 Å². The molecule has 0 amide bonds. The zero-order valence-electron chi connectivity index (χ0n) is 8.85. The number of rotatable bonds is 4. The summed E-state index contributed by atoms with van der Waals surface area (Å²) in [5.74, 6) is 0.102. The van der Waals surface area contributed by atoms with E-state index in [1.54, 1.807) is 0 Å². The lowest BCUT2D eigenvalue weighted by atomic mass is 10.1. The van der Waals surface area contributed by atoms with Crippen LogP contribution in [0.2, 0.25) is 0 Å². The summed E-state index contributed by atoms with van der Waals surface area (Å²) in [5, 5.41) is 6.50. The third-order valence-corrected chi connectivity index (χ3v) is 3.14. The van der Waals surface area contributed by atoms with Crippen molar-refractivity contribution in [1.29, 1.82) is 0 Å². The largest absolute Gasteiger partial charge is 0.468 e. The number of hydrogen-bond donors (Lipinski definition) is 2. The lowest BCUT2D eigenvalue weighted by Gasteiger charge is -2.15. The molecule has 1 rings (SSSR count). The Morgan fingerprint density at radius 3 is 2.67 bits per heavy atom. The van der Waals surface area contributed by atoms with Crippen molar-refractivity contribution in [3.8, 4) is 0 Å². The number of nitrogens with zero attached hydrogens (tertiary/aromatic N) is 2. The van der Waals surface area contributed by atoms with Crippen molar-refractivity contribution < 1.29 is 9.53 Å². The lowest BCUT2D eigenvalue weighted by molar-refractivity contribution is -0.140. The van der Waals surface area contributed by atoms with Crippen LogP contribution in [-0.4, -0.2) is 33.5 Å². The molecule has 0 spiro atoms. The van der Waals surface area contributed by atoms with Crippen molar-refractivity contribution in [1.82, 2.24) is 15.2 Å². The minimum atomic E-state index is -0.315. The molecule has 7 heteroatoms. The molecule has 0 fully saturated rings.